The lowest BCUT2D eigenvalue weighted by Gasteiger charge is -2.39. The Morgan fingerprint density at radius 3 is 2.43 bits per heavy atom. The van der Waals surface area contributed by atoms with E-state index in [1.807, 2.05) is 6.92 Å². The fourth-order valence-electron chi connectivity index (χ4n) is 7.34. The second kappa shape index (κ2) is 17.5. The molecule has 1 fully saturated rings. The topological polar surface area (TPSA) is 265 Å². The molecule has 7 rings (SSSR count). The molecule has 0 aliphatic carbocycles. The summed E-state index contributed by atoms with van der Waals surface area (Å²) in [5.74, 6) is -0.537. The minimum absolute atomic E-state index is 0.0469. The monoisotopic (exact) mass is 811 g/mol. The smallest absolute Gasteiger partial charge is 0.458 e. The second-order valence-electron chi connectivity index (χ2n) is 13.9. The van der Waals surface area contributed by atoms with E-state index in [0.29, 0.717) is 29.0 Å². The van der Waals surface area contributed by atoms with Gasteiger partial charge in [0, 0.05) is 16.5 Å². The fraction of sp³-hybridized carbons (Fsp3) is 0.526. The summed E-state index contributed by atoms with van der Waals surface area (Å²) in [7, 11) is 0. The minimum Gasteiger partial charge on any atom is -0.458 e. The van der Waals surface area contributed by atoms with Crippen molar-refractivity contribution in [3.8, 4) is 17.1 Å². The van der Waals surface area contributed by atoms with Crippen molar-refractivity contribution in [1.29, 1.82) is 0 Å². The zero-order valence-corrected chi connectivity index (χ0v) is 31.8. The number of aryl methyl sites for hydroxylation is 1. The highest BCUT2D eigenvalue weighted by Crippen LogP contribution is 2.41. The largest absolute Gasteiger partial charge is 0.513 e. The molecule has 0 amide bonds. The molecule has 6 heterocycles. The van der Waals surface area contributed by atoms with Gasteiger partial charge in [-0.05, 0) is 42.7 Å². The number of carbonyl (C=O) groups excluding carboxylic acids is 2. The average Bonchev–Trinajstić information content (AvgIpc) is 3.85. The number of esters is 1. The first-order valence-corrected chi connectivity index (χ1v) is 18.9. The Kier molecular flexibility index (Phi) is 12.5. The normalized spacial score (nSPS) is 23.6. The van der Waals surface area contributed by atoms with E-state index in [2.05, 4.69) is 10.3 Å². The molecular formula is C38H45N5O15. The number of aliphatic hydroxyl groups is 5. The lowest BCUT2D eigenvalue weighted by Crippen LogP contribution is -2.56. The Morgan fingerprint density at radius 1 is 0.966 bits per heavy atom. The van der Waals surface area contributed by atoms with Gasteiger partial charge in [0.05, 0.1) is 81.5 Å². The quantitative estimate of drug-likeness (QED) is 0.0498. The van der Waals surface area contributed by atoms with E-state index in [-0.39, 0.29) is 88.3 Å². The molecular weight excluding hydrogens is 766 g/mol. The van der Waals surface area contributed by atoms with Crippen LogP contribution in [-0.2, 0) is 65.0 Å². The van der Waals surface area contributed by atoms with Gasteiger partial charge in [-0.1, -0.05) is 19.1 Å². The van der Waals surface area contributed by atoms with E-state index in [9.17, 15) is 39.9 Å². The van der Waals surface area contributed by atoms with Gasteiger partial charge in [-0.15, -0.1) is 5.10 Å². The lowest BCUT2D eigenvalue weighted by molar-refractivity contribution is -0.254. The molecule has 0 saturated carbocycles. The lowest BCUT2D eigenvalue weighted by atomic mass is 9.86. The Labute approximate surface area is 330 Å². The molecule has 1 aromatic carbocycles. The molecule has 6 atom stereocenters. The van der Waals surface area contributed by atoms with Gasteiger partial charge in [0.1, 0.15) is 49.1 Å². The van der Waals surface area contributed by atoms with E-state index in [4.69, 9.17) is 38.1 Å². The van der Waals surface area contributed by atoms with Crippen molar-refractivity contribution >= 4 is 23.0 Å². The predicted molar refractivity (Wildman–Crippen MR) is 196 cm³/mol. The third kappa shape index (κ3) is 7.94. The van der Waals surface area contributed by atoms with Crippen LogP contribution in [0.5, 0.6) is 5.75 Å². The molecule has 20 heteroatoms. The summed E-state index contributed by atoms with van der Waals surface area (Å²) in [5.41, 5.74) is 2.10. The van der Waals surface area contributed by atoms with Crippen LogP contribution in [0.25, 0.3) is 22.3 Å². The van der Waals surface area contributed by atoms with E-state index >= 15 is 0 Å². The van der Waals surface area contributed by atoms with Crippen LogP contribution >= 0.6 is 0 Å². The van der Waals surface area contributed by atoms with Crippen LogP contribution in [0.4, 0.5) is 4.79 Å². The molecule has 0 bridgehead atoms. The standard InChI is InChI=1S/C38H45N5O15/c1-3-22-23-13-21(5-6-27(23)39-30-24(22)16-42-28(30)14-26-25(34(42)48)19-56-36(49)38(26,51)4-2)57-37(50)55-12-11-53-8-7-52-9-10-54-18-20-15-43(41-40-20)35-33(47)32(46)31(45)29(17-44)58-35/h5-6,13-15,29,31-33,35,44-47,51H,3-4,7-12,16-19H2,1-2H3/t29-,31-,32+,33-,35?,38-/m0/s1. The van der Waals surface area contributed by atoms with Crippen molar-refractivity contribution in [2.24, 2.45) is 0 Å². The van der Waals surface area contributed by atoms with Crippen LogP contribution in [0.15, 0.2) is 35.3 Å². The second-order valence-corrected chi connectivity index (χ2v) is 13.9. The highest BCUT2D eigenvalue weighted by molar-refractivity contribution is 5.90. The number of benzene rings is 1. The van der Waals surface area contributed by atoms with Gasteiger partial charge >= 0.3 is 12.1 Å². The third-order valence-electron chi connectivity index (χ3n) is 10.5. The molecule has 1 saturated heterocycles. The summed E-state index contributed by atoms with van der Waals surface area (Å²) in [5, 5.41) is 59.3. The summed E-state index contributed by atoms with van der Waals surface area (Å²) < 4.78 is 40.5. The van der Waals surface area contributed by atoms with Gasteiger partial charge in [-0.3, -0.25) is 4.79 Å². The molecule has 20 nitrogen and oxygen atoms in total. The molecule has 5 N–H and O–H groups in total. The first kappa shape index (κ1) is 41.3. The molecule has 0 spiro atoms. The van der Waals surface area contributed by atoms with Crippen LogP contribution in [0.2, 0.25) is 0 Å². The van der Waals surface area contributed by atoms with E-state index in [1.54, 1.807) is 35.8 Å². The number of fused-ring (bicyclic) bond motifs is 5. The number of hydrogen-bond acceptors (Lipinski definition) is 18. The van der Waals surface area contributed by atoms with Gasteiger partial charge in [0.2, 0.25) is 0 Å². The molecule has 3 aromatic heterocycles. The number of ether oxygens (including phenoxy) is 7. The Balaban J connectivity index is 0.828. The Hall–Kier alpha value is -4.90. The number of cyclic esters (lactones) is 1. The van der Waals surface area contributed by atoms with E-state index in [1.165, 1.54) is 10.9 Å². The number of nitrogens with zero attached hydrogens (tertiary/aromatic N) is 5. The van der Waals surface area contributed by atoms with Crippen molar-refractivity contribution in [2.45, 2.75) is 82.7 Å². The zero-order chi connectivity index (χ0) is 41.1. The number of rotatable bonds is 16. The van der Waals surface area contributed by atoms with Gasteiger partial charge in [0.25, 0.3) is 5.56 Å². The maximum absolute atomic E-state index is 13.6. The highest BCUT2D eigenvalue weighted by Gasteiger charge is 2.46. The van der Waals surface area contributed by atoms with Crippen molar-refractivity contribution in [1.82, 2.24) is 24.5 Å². The number of aliphatic hydroxyl groups excluding tert-OH is 4. The molecule has 4 aromatic rings. The van der Waals surface area contributed by atoms with Crippen LogP contribution in [-0.4, -0.2) is 133 Å². The zero-order valence-electron chi connectivity index (χ0n) is 31.8. The molecule has 1 unspecified atom stereocenters. The number of pyridine rings is 2. The number of carbonyl (C=O) groups is 2. The maximum Gasteiger partial charge on any atom is 0.513 e. The predicted octanol–water partition coefficient (Wildman–Crippen LogP) is -0.0287. The molecule has 3 aliphatic rings. The molecule has 58 heavy (non-hydrogen) atoms. The van der Waals surface area contributed by atoms with Crippen molar-refractivity contribution in [3.63, 3.8) is 0 Å². The van der Waals surface area contributed by atoms with Crippen molar-refractivity contribution < 1.29 is 68.3 Å². The SMILES string of the molecule is CCc1c2c(nc3ccc(OC(=O)OCCOCCOCCOCc4cn(C5O[C@@H](CO)[C@H](O)[C@@H](O)[C@@H]5O)nn4)cc13)-c1cc3c(c(=O)n1C2)COC(=O)[C@]3(O)CC. The van der Waals surface area contributed by atoms with E-state index in [0.717, 1.165) is 16.5 Å². The summed E-state index contributed by atoms with van der Waals surface area (Å²) in [6.07, 6.45) is -5.55. The molecule has 0 radical (unpaired) electrons. The first-order chi connectivity index (χ1) is 28.0. The Morgan fingerprint density at radius 2 is 1.71 bits per heavy atom. The van der Waals surface area contributed by atoms with Crippen LogP contribution in [0.1, 0.15) is 54.4 Å². The fourth-order valence-corrected chi connectivity index (χ4v) is 7.34. The molecule has 312 valence electrons. The summed E-state index contributed by atoms with van der Waals surface area (Å²) in [6, 6.07) is 6.68. The van der Waals surface area contributed by atoms with Crippen molar-refractivity contribution in [3.05, 3.63) is 68.8 Å². The van der Waals surface area contributed by atoms with E-state index < -0.39 is 55.0 Å². The highest BCUT2D eigenvalue weighted by atomic mass is 16.7. The first-order valence-electron chi connectivity index (χ1n) is 18.9. The number of hydrogen-bond donors (Lipinski definition) is 5. The van der Waals surface area contributed by atoms with Crippen molar-refractivity contribution in [2.75, 3.05) is 46.2 Å². The van der Waals surface area contributed by atoms with Gasteiger partial charge in [0.15, 0.2) is 11.8 Å². The average molecular weight is 812 g/mol. The summed E-state index contributed by atoms with van der Waals surface area (Å²) in [6.45, 7) is 4.20. The van der Waals surface area contributed by atoms with Gasteiger partial charge in [-0.25, -0.2) is 19.3 Å². The summed E-state index contributed by atoms with van der Waals surface area (Å²) >= 11 is 0. The third-order valence-corrected chi connectivity index (χ3v) is 10.5. The van der Waals surface area contributed by atoms with Crippen LogP contribution in [0.3, 0.4) is 0 Å². The van der Waals surface area contributed by atoms with Crippen LogP contribution < -0.4 is 10.3 Å². The van der Waals surface area contributed by atoms with Gasteiger partial charge in [-0.2, -0.15) is 0 Å². The number of aromatic nitrogens is 5. The maximum atomic E-state index is 13.6. The molecule has 3 aliphatic heterocycles. The van der Waals surface area contributed by atoms with Gasteiger partial charge < -0.3 is 63.3 Å². The minimum atomic E-state index is -1.92. The Bertz CT molecular complexity index is 2210. The summed E-state index contributed by atoms with van der Waals surface area (Å²) in [4.78, 5) is 43.4. The van der Waals surface area contributed by atoms with Crippen LogP contribution in [0, 0.1) is 0 Å².